The second-order valence-electron chi connectivity index (χ2n) is 22.9. The van der Waals surface area contributed by atoms with Crippen LogP contribution in [0.5, 0.6) is 11.5 Å². The van der Waals surface area contributed by atoms with Gasteiger partial charge >= 0.3 is 12.1 Å². The molecule has 1 aliphatic heterocycles. The summed E-state index contributed by atoms with van der Waals surface area (Å²) >= 11 is 0. The fourth-order valence-electron chi connectivity index (χ4n) is 12.3. The maximum atomic E-state index is 15.1. The van der Waals surface area contributed by atoms with Crippen LogP contribution >= 0.6 is 0 Å². The lowest BCUT2D eigenvalue weighted by Crippen LogP contribution is -2.60. The van der Waals surface area contributed by atoms with Gasteiger partial charge < -0.3 is 48.9 Å². The predicted octanol–water partition coefficient (Wildman–Crippen LogP) is 8.58. The molecule has 0 radical (unpaired) electrons. The second-order valence-corrected chi connectivity index (χ2v) is 22.9. The Balaban J connectivity index is 1.02. The lowest BCUT2D eigenvalue weighted by molar-refractivity contribution is -0.151. The quantitative estimate of drug-likeness (QED) is 0.0542. The number of fused-ring (bicyclic) bond motifs is 4. The zero-order valence-electron chi connectivity index (χ0n) is 49.8. The summed E-state index contributed by atoms with van der Waals surface area (Å²) in [6.07, 6.45) is -0.575. The summed E-state index contributed by atoms with van der Waals surface area (Å²) in [6, 6.07) is 22.6. The Morgan fingerprint density at radius 3 is 1.95 bits per heavy atom. The van der Waals surface area contributed by atoms with Gasteiger partial charge in [-0.25, -0.2) is 14.0 Å². The molecule has 1 saturated carbocycles. The molecular weight excluding hydrogens is 1050 g/mol. The number of hydrogen-bond acceptors (Lipinski definition) is 12. The first-order valence-electron chi connectivity index (χ1n) is 28.6. The van der Waals surface area contributed by atoms with Crippen molar-refractivity contribution in [2.75, 3.05) is 49.1 Å². The minimum absolute atomic E-state index is 0.0782. The third-order valence-electron chi connectivity index (χ3n) is 17.1. The highest BCUT2D eigenvalue weighted by atomic mass is 19.1. The van der Waals surface area contributed by atoms with Gasteiger partial charge in [0.1, 0.15) is 48.7 Å². The van der Waals surface area contributed by atoms with E-state index in [-0.39, 0.29) is 79.1 Å². The van der Waals surface area contributed by atoms with Gasteiger partial charge in [-0.2, -0.15) is 0 Å². The van der Waals surface area contributed by atoms with Crippen molar-refractivity contribution >= 4 is 35.7 Å². The van der Waals surface area contributed by atoms with Crippen LogP contribution in [-0.4, -0.2) is 148 Å². The van der Waals surface area contributed by atoms with Crippen molar-refractivity contribution in [3.05, 3.63) is 119 Å². The van der Waals surface area contributed by atoms with Gasteiger partial charge in [0.2, 0.25) is 23.6 Å². The molecule has 18 heteroatoms. The van der Waals surface area contributed by atoms with Crippen LogP contribution in [0.25, 0.3) is 11.1 Å². The molecule has 4 aromatic carbocycles. The zero-order chi connectivity index (χ0) is 59.7. The molecule has 0 bridgehead atoms. The van der Waals surface area contributed by atoms with Crippen molar-refractivity contribution in [3.8, 4) is 22.6 Å². The van der Waals surface area contributed by atoms with Crippen LogP contribution in [0.1, 0.15) is 102 Å². The average molecular weight is 1130 g/mol. The Morgan fingerprint density at radius 2 is 1.37 bits per heavy atom. The van der Waals surface area contributed by atoms with E-state index in [1.165, 1.54) is 58.6 Å². The molecule has 17 nitrogen and oxygen atoms in total. The largest absolute Gasteiger partial charge is 0.497 e. The first-order chi connectivity index (χ1) is 39.2. The summed E-state index contributed by atoms with van der Waals surface area (Å²) in [5, 5.41) is 5.84. The van der Waals surface area contributed by atoms with Gasteiger partial charge in [0.15, 0.2) is 0 Å². The Hall–Kier alpha value is -7.05. The molecule has 0 unspecified atom stereocenters. The molecule has 3 aliphatic rings. The number of methoxy groups -OCH3 is 4. The van der Waals surface area contributed by atoms with Crippen LogP contribution in [-0.2, 0) is 55.9 Å². The summed E-state index contributed by atoms with van der Waals surface area (Å²) in [7, 11) is 9.21. The van der Waals surface area contributed by atoms with Gasteiger partial charge in [-0.05, 0) is 82.5 Å². The molecule has 11 atom stereocenters. The summed E-state index contributed by atoms with van der Waals surface area (Å²) < 4.78 is 49.8. The molecule has 0 aromatic heterocycles. The number of rotatable bonds is 27. The first-order valence-corrected chi connectivity index (χ1v) is 28.6. The third kappa shape index (κ3) is 13.9. The number of nitrogens with zero attached hydrogens (tertiary/aromatic N) is 3. The van der Waals surface area contributed by atoms with E-state index in [0.29, 0.717) is 29.9 Å². The van der Waals surface area contributed by atoms with E-state index in [1.54, 1.807) is 43.1 Å². The number of hydrogen-bond donors (Lipinski definition) is 2. The highest BCUT2D eigenvalue weighted by Crippen LogP contribution is 2.50. The Kier molecular flexibility index (Phi) is 21.2. The zero-order valence-corrected chi connectivity index (χ0v) is 49.8. The number of amides is 5. The van der Waals surface area contributed by atoms with Crippen molar-refractivity contribution in [3.63, 3.8) is 0 Å². The number of benzene rings is 4. The summed E-state index contributed by atoms with van der Waals surface area (Å²) in [5.74, 6) is -3.82. The number of ether oxygens (including phenoxy) is 6. The highest BCUT2D eigenvalue weighted by Gasteiger charge is 2.57. The van der Waals surface area contributed by atoms with Crippen LogP contribution in [0, 0.1) is 35.4 Å². The van der Waals surface area contributed by atoms with E-state index >= 15 is 4.39 Å². The normalized spacial score (nSPS) is 19.0. The number of piperidine rings is 1. The van der Waals surface area contributed by atoms with Gasteiger partial charge in [0.05, 0.1) is 50.8 Å². The maximum absolute atomic E-state index is 15.1. The second kappa shape index (κ2) is 27.8. The summed E-state index contributed by atoms with van der Waals surface area (Å²) in [4.78, 5) is 91.0. The number of halogens is 1. The van der Waals surface area contributed by atoms with Crippen LogP contribution in [0.3, 0.4) is 0 Å². The van der Waals surface area contributed by atoms with Crippen molar-refractivity contribution in [2.24, 2.45) is 29.6 Å². The molecule has 7 rings (SSSR count). The number of carbonyl (C=O) groups excluding carboxylic acids is 6. The fourth-order valence-corrected chi connectivity index (χ4v) is 12.3. The van der Waals surface area contributed by atoms with E-state index in [1.807, 2.05) is 82.8 Å². The van der Waals surface area contributed by atoms with E-state index in [2.05, 4.69) is 22.8 Å². The van der Waals surface area contributed by atoms with E-state index in [4.69, 9.17) is 28.4 Å². The summed E-state index contributed by atoms with van der Waals surface area (Å²) in [5.41, 5.74) is 5.08. The number of esters is 1. The number of likely N-dealkylation sites (tertiary alicyclic amines) is 1. The van der Waals surface area contributed by atoms with Gasteiger partial charge in [0.25, 0.3) is 0 Å². The molecule has 0 spiro atoms. The molecule has 1 heterocycles. The summed E-state index contributed by atoms with van der Waals surface area (Å²) in [6.45, 7) is 12.9. The minimum Gasteiger partial charge on any atom is -0.497 e. The van der Waals surface area contributed by atoms with Crippen molar-refractivity contribution in [1.29, 1.82) is 0 Å². The average Bonchev–Trinajstić information content (AvgIpc) is 2.77. The van der Waals surface area contributed by atoms with Gasteiger partial charge in [-0.1, -0.05) is 122 Å². The maximum Gasteiger partial charge on any atom is 0.410 e. The van der Waals surface area contributed by atoms with Crippen molar-refractivity contribution < 1.29 is 61.6 Å². The molecule has 82 heavy (non-hydrogen) atoms. The molecule has 5 amide bonds. The molecule has 2 N–H and O–H groups in total. The number of nitrogens with one attached hydrogen (secondary N) is 2. The number of likely N-dealkylation sites (N-methyl/N-ethyl adjacent to an activating group) is 2. The smallest absolute Gasteiger partial charge is 0.410 e. The lowest BCUT2D eigenvalue weighted by atomic mass is 9.89. The van der Waals surface area contributed by atoms with Gasteiger partial charge in [-0.15, -0.1) is 0 Å². The molecular formula is C64H84FN5O12. The third-order valence-corrected chi connectivity index (χ3v) is 17.1. The SMILES string of the molecule is CC[C@H](C)[C@@H]([C@@H](CC(=O)N1[C@H]2C[C@H]2C[C@H]1[C@H](OC)[C@@H](C)C(=O)N[C@@H](Cc1ccccc1F)C(=O)OCc1ccc(OC)cc1OC)OC)N(C)C(=O)[C@@H](NC(=O)[C@H](C(C)C)N(C)C(=O)OCC1c2ccccc2-c2ccccc21)C(C)C. The van der Waals surface area contributed by atoms with Crippen LogP contribution in [0.4, 0.5) is 9.18 Å². The van der Waals surface area contributed by atoms with Gasteiger partial charge in [-0.3, -0.25) is 24.1 Å². The Morgan fingerprint density at radius 1 is 0.720 bits per heavy atom. The van der Waals surface area contributed by atoms with Crippen molar-refractivity contribution in [2.45, 2.75) is 142 Å². The minimum atomic E-state index is -1.29. The van der Waals surface area contributed by atoms with Crippen LogP contribution in [0.2, 0.25) is 0 Å². The number of carbonyl (C=O) groups is 6. The Bertz CT molecular complexity index is 2860. The fraction of sp³-hybridized carbons (Fsp3) is 0.531. The molecule has 2 fully saturated rings. The Labute approximate surface area is 482 Å². The van der Waals surface area contributed by atoms with Gasteiger partial charge in [0, 0.05) is 58.3 Å². The molecule has 2 aliphatic carbocycles. The standard InChI is InChI=1S/C64H84FN5O12/c1-14-38(6)58(68(8)62(74)56(36(2)3)67-61(73)57(37(4)5)69(9)64(76)82-35-48-46-24-18-16-22-44(46)45-23-17-19-25-47(45)48)54(79-12)33-55(71)70-51-30-42(51)31-52(70)59(80-13)39(7)60(72)66-50(29-40-21-15-20-26-49(40)65)63(75)81-34-41-27-28-43(77-10)32-53(41)78-11/h15-28,32,36-39,42,48,50-52,54,56-59H,14,29-31,33-35H2,1-13H3,(H,66,72)(H,67,73)/t38-,39+,42-,50-,51-,52-,54+,56-,57-,58-,59+/m0/s1. The molecule has 4 aromatic rings. The predicted molar refractivity (Wildman–Crippen MR) is 308 cm³/mol. The monoisotopic (exact) mass is 1130 g/mol. The molecule has 1 saturated heterocycles. The topological polar surface area (TPSA) is 192 Å². The van der Waals surface area contributed by atoms with Crippen LogP contribution in [0.15, 0.2) is 91.0 Å². The molecule has 444 valence electrons. The lowest BCUT2D eigenvalue weighted by Gasteiger charge is -2.41. The van der Waals surface area contributed by atoms with Crippen LogP contribution < -0.4 is 20.1 Å². The van der Waals surface area contributed by atoms with E-state index < -0.39 is 78.0 Å². The van der Waals surface area contributed by atoms with E-state index in [9.17, 15) is 28.8 Å². The van der Waals surface area contributed by atoms with Crippen molar-refractivity contribution in [1.82, 2.24) is 25.3 Å². The highest BCUT2D eigenvalue weighted by molar-refractivity contribution is 5.92. The first kappa shape index (κ1) is 62.5. The van der Waals surface area contributed by atoms with E-state index in [0.717, 1.165) is 28.7 Å².